The first kappa shape index (κ1) is 24.4. The van der Waals surface area contributed by atoms with Crippen molar-refractivity contribution in [2.24, 2.45) is 7.05 Å². The number of halogens is 2. The average molecular weight is 514 g/mol. The maximum atomic E-state index is 13.6. The number of aromatic nitrogens is 3. The van der Waals surface area contributed by atoms with E-state index in [-0.39, 0.29) is 17.3 Å². The number of rotatable bonds is 4. The van der Waals surface area contributed by atoms with Crippen LogP contribution in [0.15, 0.2) is 59.5 Å². The summed E-state index contributed by atoms with van der Waals surface area (Å²) in [7, 11) is 1.59. The zero-order chi connectivity index (χ0) is 26.1. The van der Waals surface area contributed by atoms with Crippen LogP contribution in [0.2, 0.25) is 5.02 Å². The van der Waals surface area contributed by atoms with Crippen molar-refractivity contribution in [3.63, 3.8) is 0 Å². The fraction of sp³-hybridized carbons (Fsp3) is 0.222. The topological polar surface area (TPSA) is 102 Å². The first-order valence-corrected chi connectivity index (χ1v) is 12.0. The van der Waals surface area contributed by atoms with Gasteiger partial charge in [-0.05, 0) is 42.0 Å². The molecule has 0 aliphatic carbocycles. The van der Waals surface area contributed by atoms with E-state index < -0.39 is 11.4 Å². The van der Waals surface area contributed by atoms with Gasteiger partial charge in [-0.3, -0.25) is 14.7 Å². The van der Waals surface area contributed by atoms with E-state index in [4.69, 9.17) is 11.6 Å². The molecular formula is C27H21ClFN7O. The summed E-state index contributed by atoms with van der Waals surface area (Å²) in [5, 5.41) is 19.9. The Bertz CT molecular complexity index is 1570. The Kier molecular flexibility index (Phi) is 6.58. The molecule has 3 aromatic heterocycles. The lowest BCUT2D eigenvalue weighted by Crippen LogP contribution is -2.48. The van der Waals surface area contributed by atoms with Crippen molar-refractivity contribution in [3.05, 3.63) is 98.4 Å². The van der Waals surface area contributed by atoms with Gasteiger partial charge in [-0.1, -0.05) is 23.7 Å². The van der Waals surface area contributed by atoms with Gasteiger partial charge in [-0.2, -0.15) is 10.5 Å². The smallest absolute Gasteiger partial charge is 0.270 e. The average Bonchev–Trinajstić information content (AvgIpc) is 2.93. The molecule has 1 aromatic carbocycles. The number of nitrogens with zero attached hydrogens (tertiary/aromatic N) is 7. The van der Waals surface area contributed by atoms with Gasteiger partial charge < -0.3 is 9.47 Å². The number of piperazine rings is 1. The van der Waals surface area contributed by atoms with Crippen molar-refractivity contribution < 1.29 is 4.39 Å². The summed E-state index contributed by atoms with van der Waals surface area (Å²) in [5.41, 5.74) is 2.91. The third-order valence-electron chi connectivity index (χ3n) is 6.65. The molecule has 0 saturated carbocycles. The van der Waals surface area contributed by atoms with Crippen molar-refractivity contribution >= 4 is 28.3 Å². The molecule has 0 radical (unpaired) electrons. The van der Waals surface area contributed by atoms with Crippen LogP contribution >= 0.6 is 11.6 Å². The van der Waals surface area contributed by atoms with E-state index in [9.17, 15) is 19.7 Å². The lowest BCUT2D eigenvalue weighted by atomic mass is 10.00. The van der Waals surface area contributed by atoms with Crippen LogP contribution in [0.5, 0.6) is 0 Å². The molecule has 37 heavy (non-hydrogen) atoms. The first-order chi connectivity index (χ1) is 17.9. The summed E-state index contributed by atoms with van der Waals surface area (Å²) in [6.07, 6.45) is 1.21. The predicted octanol–water partition coefficient (Wildman–Crippen LogP) is 3.78. The summed E-state index contributed by atoms with van der Waals surface area (Å²) in [4.78, 5) is 26.0. The Hall–Kier alpha value is -4.31. The summed E-state index contributed by atoms with van der Waals surface area (Å²) in [5.74, 6) is -0.408. The number of hydrogen-bond acceptors (Lipinski definition) is 7. The van der Waals surface area contributed by atoms with Gasteiger partial charge in [0, 0.05) is 38.2 Å². The first-order valence-electron chi connectivity index (χ1n) is 11.6. The van der Waals surface area contributed by atoms with Crippen molar-refractivity contribution in [2.45, 2.75) is 6.04 Å². The van der Waals surface area contributed by atoms with Gasteiger partial charge in [0.2, 0.25) is 0 Å². The molecule has 4 aromatic rings. The number of benzene rings is 1. The molecule has 1 fully saturated rings. The second-order valence-corrected chi connectivity index (χ2v) is 9.19. The van der Waals surface area contributed by atoms with Gasteiger partial charge in [0.15, 0.2) is 0 Å². The number of pyridine rings is 3. The third kappa shape index (κ3) is 4.51. The van der Waals surface area contributed by atoms with E-state index in [0.29, 0.717) is 53.6 Å². The molecule has 1 unspecified atom stereocenters. The SMILES string of the molecule is Cn1c(=O)c(C#N)c(N2CCN(C(c3ccc(Cl)cc3)c3ccc(F)cn3)CC2)c2nc(C#N)ccc21. The summed E-state index contributed by atoms with van der Waals surface area (Å²) >= 11 is 6.11. The fourth-order valence-corrected chi connectivity index (χ4v) is 4.96. The second-order valence-electron chi connectivity index (χ2n) is 8.75. The van der Waals surface area contributed by atoms with E-state index in [1.165, 1.54) is 16.8 Å². The molecule has 0 amide bonds. The minimum absolute atomic E-state index is 0.000456. The van der Waals surface area contributed by atoms with Crippen LogP contribution < -0.4 is 10.5 Å². The summed E-state index contributed by atoms with van der Waals surface area (Å²) in [6, 6.07) is 17.7. The van der Waals surface area contributed by atoms with Crippen LogP contribution in [-0.2, 0) is 7.05 Å². The molecular weight excluding hydrogens is 493 g/mol. The molecule has 10 heteroatoms. The second kappa shape index (κ2) is 9.98. The zero-order valence-electron chi connectivity index (χ0n) is 19.9. The highest BCUT2D eigenvalue weighted by Crippen LogP contribution is 2.32. The number of hydrogen-bond donors (Lipinski definition) is 0. The van der Waals surface area contributed by atoms with Gasteiger partial charge in [0.05, 0.1) is 29.1 Å². The van der Waals surface area contributed by atoms with E-state index in [1.807, 2.05) is 35.2 Å². The van der Waals surface area contributed by atoms with Crippen molar-refractivity contribution in [2.75, 3.05) is 31.1 Å². The predicted molar refractivity (Wildman–Crippen MR) is 138 cm³/mol. The van der Waals surface area contributed by atoms with E-state index in [0.717, 1.165) is 5.56 Å². The van der Waals surface area contributed by atoms with Crippen LogP contribution in [-0.4, -0.2) is 45.6 Å². The Morgan fingerprint density at radius 2 is 1.73 bits per heavy atom. The summed E-state index contributed by atoms with van der Waals surface area (Å²) in [6.45, 7) is 2.15. The van der Waals surface area contributed by atoms with Crippen molar-refractivity contribution in [1.82, 2.24) is 19.4 Å². The molecule has 1 atom stereocenters. The minimum Gasteiger partial charge on any atom is -0.366 e. The maximum absolute atomic E-state index is 13.6. The normalized spacial score (nSPS) is 14.8. The molecule has 0 spiro atoms. The van der Waals surface area contributed by atoms with Crippen molar-refractivity contribution in [1.29, 1.82) is 10.5 Å². The largest absolute Gasteiger partial charge is 0.366 e. The monoisotopic (exact) mass is 513 g/mol. The van der Waals surface area contributed by atoms with Gasteiger partial charge in [-0.15, -0.1) is 0 Å². The van der Waals surface area contributed by atoms with Gasteiger partial charge in [0.1, 0.15) is 34.7 Å². The zero-order valence-corrected chi connectivity index (χ0v) is 20.7. The molecule has 1 saturated heterocycles. The lowest BCUT2D eigenvalue weighted by Gasteiger charge is -2.40. The molecule has 184 valence electrons. The number of anilines is 1. The number of nitriles is 2. The van der Waals surface area contributed by atoms with Crippen LogP contribution in [0.3, 0.4) is 0 Å². The van der Waals surface area contributed by atoms with Crippen molar-refractivity contribution in [3.8, 4) is 12.1 Å². The lowest BCUT2D eigenvalue weighted by molar-refractivity contribution is 0.209. The Morgan fingerprint density at radius 1 is 1.00 bits per heavy atom. The highest BCUT2D eigenvalue weighted by atomic mass is 35.5. The molecule has 0 bridgehead atoms. The Morgan fingerprint density at radius 3 is 2.35 bits per heavy atom. The van der Waals surface area contributed by atoms with E-state index in [2.05, 4.69) is 20.9 Å². The van der Waals surface area contributed by atoms with Crippen LogP contribution in [0.25, 0.3) is 11.0 Å². The molecule has 0 N–H and O–H groups in total. The van der Waals surface area contributed by atoms with Crippen LogP contribution in [0.4, 0.5) is 10.1 Å². The number of fused-ring (bicyclic) bond motifs is 1. The highest BCUT2D eigenvalue weighted by molar-refractivity contribution is 6.30. The maximum Gasteiger partial charge on any atom is 0.270 e. The minimum atomic E-state index is -0.409. The van der Waals surface area contributed by atoms with E-state index >= 15 is 0 Å². The van der Waals surface area contributed by atoms with Gasteiger partial charge in [-0.25, -0.2) is 9.37 Å². The van der Waals surface area contributed by atoms with Crippen LogP contribution in [0.1, 0.15) is 28.6 Å². The van der Waals surface area contributed by atoms with Crippen LogP contribution in [0, 0.1) is 28.5 Å². The molecule has 1 aliphatic heterocycles. The molecule has 1 aliphatic rings. The fourth-order valence-electron chi connectivity index (χ4n) is 4.83. The quantitative estimate of drug-likeness (QED) is 0.409. The highest BCUT2D eigenvalue weighted by Gasteiger charge is 2.30. The standard InChI is InChI=1S/C27H21ClFN7O/c1-34-23-9-7-20(14-30)33-24(23)26(21(15-31)27(34)37)36-12-10-35(11-13-36)25(17-2-4-18(28)5-3-17)22-8-6-19(29)16-32-22/h2-9,16,25H,10-13H2,1H3. The van der Waals surface area contributed by atoms with Gasteiger partial charge in [0.25, 0.3) is 5.56 Å². The summed E-state index contributed by atoms with van der Waals surface area (Å²) < 4.78 is 15.0. The third-order valence-corrected chi connectivity index (χ3v) is 6.91. The Labute approximate surface area is 217 Å². The molecule has 4 heterocycles. The number of aryl methyl sites for hydroxylation is 1. The molecule has 5 rings (SSSR count). The van der Waals surface area contributed by atoms with Gasteiger partial charge >= 0.3 is 0 Å². The molecule has 8 nitrogen and oxygen atoms in total. The Balaban J connectivity index is 1.52. The van der Waals surface area contributed by atoms with E-state index in [1.54, 1.807) is 25.2 Å².